The van der Waals surface area contributed by atoms with Gasteiger partial charge in [0.15, 0.2) is 0 Å². The average Bonchev–Trinajstić information content (AvgIpc) is 2.35. The summed E-state index contributed by atoms with van der Waals surface area (Å²) in [5.41, 5.74) is 5.82. The molecule has 0 aromatic carbocycles. The SMILES string of the molecule is CC(C)(C)NC(=O)NC1CCCc2[nH]c(=O)c(C(N)=O)cc21. The number of aryl methyl sites for hydroxylation is 1. The summed E-state index contributed by atoms with van der Waals surface area (Å²) in [4.78, 5) is 37.9. The molecule has 22 heavy (non-hydrogen) atoms. The minimum atomic E-state index is -0.771. The Kier molecular flexibility index (Phi) is 4.25. The van der Waals surface area contributed by atoms with E-state index in [1.165, 1.54) is 6.07 Å². The van der Waals surface area contributed by atoms with Crippen LogP contribution in [0.1, 0.15) is 61.3 Å². The van der Waals surface area contributed by atoms with Crippen LogP contribution in [0.2, 0.25) is 0 Å². The molecule has 0 bridgehead atoms. The molecule has 3 amide bonds. The molecule has 0 saturated heterocycles. The number of aromatic amines is 1. The highest BCUT2D eigenvalue weighted by Crippen LogP contribution is 2.28. The summed E-state index contributed by atoms with van der Waals surface area (Å²) in [6.45, 7) is 5.68. The number of nitrogens with two attached hydrogens (primary N) is 1. The van der Waals surface area contributed by atoms with Crippen LogP contribution in [0.5, 0.6) is 0 Å². The van der Waals surface area contributed by atoms with Crippen molar-refractivity contribution in [1.82, 2.24) is 15.6 Å². The normalized spacial score (nSPS) is 17.5. The van der Waals surface area contributed by atoms with E-state index < -0.39 is 11.5 Å². The Morgan fingerprint density at radius 1 is 1.36 bits per heavy atom. The number of rotatable bonds is 2. The number of primary amides is 1. The van der Waals surface area contributed by atoms with Crippen molar-refractivity contribution >= 4 is 11.9 Å². The summed E-state index contributed by atoms with van der Waals surface area (Å²) in [7, 11) is 0. The number of urea groups is 1. The predicted octanol–water partition coefficient (Wildman–Crippen LogP) is 0.949. The Hall–Kier alpha value is -2.31. The number of aromatic nitrogens is 1. The maximum atomic E-state index is 12.0. The minimum Gasteiger partial charge on any atom is -0.365 e. The summed E-state index contributed by atoms with van der Waals surface area (Å²) >= 11 is 0. The van der Waals surface area contributed by atoms with E-state index in [1.807, 2.05) is 20.8 Å². The number of amides is 3. The van der Waals surface area contributed by atoms with Gasteiger partial charge in [-0.05, 0) is 51.7 Å². The van der Waals surface area contributed by atoms with E-state index in [9.17, 15) is 14.4 Å². The fraction of sp³-hybridized carbons (Fsp3) is 0.533. The zero-order valence-corrected chi connectivity index (χ0v) is 13.1. The van der Waals surface area contributed by atoms with Crippen LogP contribution in [0.15, 0.2) is 10.9 Å². The number of carbonyl (C=O) groups excluding carboxylic acids is 2. The number of H-pyrrole nitrogens is 1. The van der Waals surface area contributed by atoms with E-state index in [-0.39, 0.29) is 23.2 Å². The van der Waals surface area contributed by atoms with Crippen molar-refractivity contribution in [1.29, 1.82) is 0 Å². The lowest BCUT2D eigenvalue weighted by atomic mass is 9.90. The maximum Gasteiger partial charge on any atom is 0.315 e. The van der Waals surface area contributed by atoms with Gasteiger partial charge in [-0.15, -0.1) is 0 Å². The lowest BCUT2D eigenvalue weighted by Gasteiger charge is -2.28. The fourth-order valence-corrected chi connectivity index (χ4v) is 2.61. The van der Waals surface area contributed by atoms with Crippen LogP contribution in [0.4, 0.5) is 4.79 Å². The third-order valence-electron chi connectivity index (χ3n) is 3.51. The molecule has 1 aromatic rings. The highest BCUT2D eigenvalue weighted by atomic mass is 16.2. The zero-order valence-electron chi connectivity index (χ0n) is 13.1. The van der Waals surface area contributed by atoms with Crippen molar-refractivity contribution in [2.45, 2.75) is 51.6 Å². The van der Waals surface area contributed by atoms with Crippen LogP contribution < -0.4 is 21.9 Å². The molecule has 7 heteroatoms. The molecule has 1 aromatic heterocycles. The monoisotopic (exact) mass is 306 g/mol. The first-order chi connectivity index (χ1) is 10.2. The molecule has 0 aliphatic heterocycles. The molecule has 1 aliphatic carbocycles. The second-order valence-corrected chi connectivity index (χ2v) is 6.60. The molecule has 7 nitrogen and oxygen atoms in total. The van der Waals surface area contributed by atoms with Crippen LogP contribution >= 0.6 is 0 Å². The zero-order chi connectivity index (χ0) is 16.5. The fourth-order valence-electron chi connectivity index (χ4n) is 2.61. The number of nitrogens with one attached hydrogen (secondary N) is 3. The van der Waals surface area contributed by atoms with Crippen molar-refractivity contribution in [2.24, 2.45) is 5.73 Å². The van der Waals surface area contributed by atoms with Crippen LogP contribution in [-0.4, -0.2) is 22.5 Å². The second-order valence-electron chi connectivity index (χ2n) is 6.60. The summed E-state index contributed by atoms with van der Waals surface area (Å²) in [6, 6.07) is 0.968. The first-order valence-corrected chi connectivity index (χ1v) is 7.32. The van der Waals surface area contributed by atoms with E-state index in [0.717, 1.165) is 24.1 Å². The van der Waals surface area contributed by atoms with Crippen LogP contribution in [-0.2, 0) is 6.42 Å². The Balaban J connectivity index is 2.28. The molecule has 1 heterocycles. The van der Waals surface area contributed by atoms with Crippen molar-refractivity contribution in [3.05, 3.63) is 33.2 Å². The van der Waals surface area contributed by atoms with Gasteiger partial charge in [0.2, 0.25) is 0 Å². The van der Waals surface area contributed by atoms with Crippen LogP contribution in [0.25, 0.3) is 0 Å². The second kappa shape index (κ2) is 5.82. The average molecular weight is 306 g/mol. The number of pyridine rings is 1. The highest BCUT2D eigenvalue weighted by molar-refractivity contribution is 5.92. The molecule has 0 fully saturated rings. The molecule has 2 rings (SSSR count). The van der Waals surface area contributed by atoms with E-state index in [1.54, 1.807) is 0 Å². The van der Waals surface area contributed by atoms with Gasteiger partial charge in [0.1, 0.15) is 5.56 Å². The summed E-state index contributed by atoms with van der Waals surface area (Å²) in [6.07, 6.45) is 2.30. The molecule has 0 spiro atoms. The molecular formula is C15H22N4O3. The maximum absolute atomic E-state index is 12.0. The molecule has 120 valence electrons. The molecular weight excluding hydrogens is 284 g/mol. The van der Waals surface area contributed by atoms with Gasteiger partial charge in [-0.2, -0.15) is 0 Å². The standard InChI is InChI=1S/C15H22N4O3/c1-15(2,3)19-14(22)18-11-6-4-5-10-8(11)7-9(12(16)20)13(21)17-10/h7,11H,4-6H2,1-3H3,(H2,16,20)(H,17,21)(H2,18,19,22). The van der Waals surface area contributed by atoms with Crippen molar-refractivity contribution < 1.29 is 9.59 Å². The van der Waals surface area contributed by atoms with E-state index >= 15 is 0 Å². The number of hydrogen-bond acceptors (Lipinski definition) is 3. The predicted molar refractivity (Wildman–Crippen MR) is 82.7 cm³/mol. The molecule has 0 radical (unpaired) electrons. The number of fused-ring (bicyclic) bond motifs is 1. The van der Waals surface area contributed by atoms with Gasteiger partial charge in [0, 0.05) is 11.2 Å². The van der Waals surface area contributed by atoms with Gasteiger partial charge in [-0.25, -0.2) is 4.79 Å². The third-order valence-corrected chi connectivity index (χ3v) is 3.51. The highest BCUT2D eigenvalue weighted by Gasteiger charge is 2.25. The van der Waals surface area contributed by atoms with Crippen molar-refractivity contribution in [2.75, 3.05) is 0 Å². The van der Waals surface area contributed by atoms with Gasteiger partial charge in [-0.3, -0.25) is 9.59 Å². The summed E-state index contributed by atoms with van der Waals surface area (Å²) in [5.74, 6) is -0.771. The molecule has 1 aliphatic rings. The van der Waals surface area contributed by atoms with Gasteiger partial charge < -0.3 is 21.4 Å². The molecule has 5 N–H and O–H groups in total. The van der Waals surface area contributed by atoms with Gasteiger partial charge in [-0.1, -0.05) is 0 Å². The number of hydrogen-bond donors (Lipinski definition) is 4. The van der Waals surface area contributed by atoms with E-state index in [4.69, 9.17) is 5.73 Å². The van der Waals surface area contributed by atoms with Gasteiger partial charge in [0.25, 0.3) is 11.5 Å². The lowest BCUT2D eigenvalue weighted by molar-refractivity contribution is 0.0998. The van der Waals surface area contributed by atoms with Crippen molar-refractivity contribution in [3.63, 3.8) is 0 Å². The van der Waals surface area contributed by atoms with Crippen molar-refractivity contribution in [3.8, 4) is 0 Å². The third kappa shape index (κ3) is 3.66. The Bertz CT molecular complexity index is 658. The summed E-state index contributed by atoms with van der Waals surface area (Å²) in [5, 5.41) is 5.73. The topological polar surface area (TPSA) is 117 Å². The first kappa shape index (κ1) is 16.1. The molecule has 1 unspecified atom stereocenters. The van der Waals surface area contributed by atoms with E-state index in [2.05, 4.69) is 15.6 Å². The van der Waals surface area contributed by atoms with Gasteiger partial charge in [0.05, 0.1) is 6.04 Å². The molecule has 1 atom stereocenters. The Morgan fingerprint density at radius 3 is 2.64 bits per heavy atom. The smallest absolute Gasteiger partial charge is 0.315 e. The van der Waals surface area contributed by atoms with E-state index in [0.29, 0.717) is 6.42 Å². The Labute approximate surface area is 128 Å². The molecule has 0 saturated carbocycles. The van der Waals surface area contributed by atoms with Crippen LogP contribution in [0.3, 0.4) is 0 Å². The Morgan fingerprint density at radius 2 is 2.05 bits per heavy atom. The largest absolute Gasteiger partial charge is 0.365 e. The number of carbonyl (C=O) groups is 2. The lowest BCUT2D eigenvalue weighted by Crippen LogP contribution is -2.48. The minimum absolute atomic E-state index is 0.0799. The first-order valence-electron chi connectivity index (χ1n) is 7.32. The van der Waals surface area contributed by atoms with Crippen LogP contribution in [0, 0.1) is 0 Å². The quantitative estimate of drug-likeness (QED) is 0.651. The summed E-state index contributed by atoms with van der Waals surface area (Å²) < 4.78 is 0. The van der Waals surface area contributed by atoms with Gasteiger partial charge >= 0.3 is 6.03 Å².